The SMILES string of the molecule is CC/C=C/c1ccc(C#C[Si](C(C)C)(C(C)C)C(C)C)cc1. The monoisotopic (exact) mass is 312 g/mol. The van der Waals surface area contributed by atoms with E-state index in [1.807, 2.05) is 0 Å². The van der Waals surface area contributed by atoms with Crippen molar-refractivity contribution in [3.05, 3.63) is 41.5 Å². The van der Waals surface area contributed by atoms with Gasteiger partial charge in [-0.05, 0) is 40.7 Å². The van der Waals surface area contributed by atoms with Crippen molar-refractivity contribution in [2.75, 3.05) is 0 Å². The molecule has 1 aromatic rings. The minimum atomic E-state index is -1.62. The third kappa shape index (κ3) is 4.37. The molecule has 0 bridgehead atoms. The first kappa shape index (κ1) is 18.8. The van der Waals surface area contributed by atoms with Gasteiger partial charge in [-0.1, -0.05) is 78.7 Å². The second-order valence-corrected chi connectivity index (χ2v) is 12.7. The molecular weight excluding hydrogens is 280 g/mol. The number of benzene rings is 1. The molecule has 1 rings (SSSR count). The zero-order valence-electron chi connectivity index (χ0n) is 15.4. The van der Waals surface area contributed by atoms with E-state index in [0.29, 0.717) is 16.6 Å². The molecule has 0 aliphatic carbocycles. The molecule has 0 unspecified atom stereocenters. The Morgan fingerprint density at radius 2 is 1.41 bits per heavy atom. The smallest absolute Gasteiger partial charge is 0.125 e. The summed E-state index contributed by atoms with van der Waals surface area (Å²) in [5.74, 6) is 3.50. The van der Waals surface area contributed by atoms with E-state index in [1.165, 1.54) is 5.56 Å². The first-order chi connectivity index (χ1) is 10.3. The van der Waals surface area contributed by atoms with Gasteiger partial charge in [0.1, 0.15) is 8.07 Å². The summed E-state index contributed by atoms with van der Waals surface area (Å²) in [6.07, 6.45) is 5.44. The van der Waals surface area contributed by atoms with Crippen LogP contribution in [0, 0.1) is 11.5 Å². The summed E-state index contributed by atoms with van der Waals surface area (Å²) in [4.78, 5) is 0. The highest BCUT2D eigenvalue weighted by molar-refractivity contribution is 6.90. The van der Waals surface area contributed by atoms with Gasteiger partial charge in [0.2, 0.25) is 0 Å². The lowest BCUT2D eigenvalue weighted by Gasteiger charge is -2.38. The molecule has 0 saturated heterocycles. The molecule has 0 spiro atoms. The van der Waals surface area contributed by atoms with Gasteiger partial charge in [-0.3, -0.25) is 0 Å². The lowest BCUT2D eigenvalue weighted by molar-refractivity contribution is 0.838. The highest BCUT2D eigenvalue weighted by atomic mass is 28.3. The Morgan fingerprint density at radius 3 is 1.82 bits per heavy atom. The van der Waals surface area contributed by atoms with Gasteiger partial charge in [0.05, 0.1) is 0 Å². The van der Waals surface area contributed by atoms with Crippen LogP contribution < -0.4 is 0 Å². The molecule has 0 N–H and O–H groups in total. The van der Waals surface area contributed by atoms with Crippen LogP contribution in [0.4, 0.5) is 0 Å². The van der Waals surface area contributed by atoms with Crippen LogP contribution in [0.5, 0.6) is 0 Å². The van der Waals surface area contributed by atoms with Crippen LogP contribution in [-0.2, 0) is 0 Å². The number of rotatable bonds is 5. The molecule has 0 saturated carbocycles. The maximum absolute atomic E-state index is 3.78. The Labute approximate surface area is 139 Å². The summed E-state index contributed by atoms with van der Waals surface area (Å²) in [6, 6.07) is 8.64. The van der Waals surface area contributed by atoms with Crippen LogP contribution in [0.25, 0.3) is 6.08 Å². The van der Waals surface area contributed by atoms with Gasteiger partial charge in [0, 0.05) is 5.56 Å². The summed E-state index contributed by atoms with van der Waals surface area (Å²) < 4.78 is 0. The molecule has 0 aliphatic heterocycles. The fourth-order valence-electron chi connectivity index (χ4n) is 3.54. The van der Waals surface area contributed by atoms with E-state index in [2.05, 4.69) is 96.3 Å². The Hall–Kier alpha value is -1.26. The van der Waals surface area contributed by atoms with E-state index in [9.17, 15) is 0 Å². The predicted molar refractivity (Wildman–Crippen MR) is 104 cm³/mol. The molecule has 120 valence electrons. The van der Waals surface area contributed by atoms with Gasteiger partial charge in [0.15, 0.2) is 0 Å². The Morgan fingerprint density at radius 1 is 0.909 bits per heavy atom. The van der Waals surface area contributed by atoms with Crippen LogP contribution in [0.1, 0.15) is 66.0 Å². The molecule has 1 aromatic carbocycles. The molecule has 0 nitrogen and oxygen atoms in total. The van der Waals surface area contributed by atoms with Crippen molar-refractivity contribution in [1.82, 2.24) is 0 Å². The van der Waals surface area contributed by atoms with Gasteiger partial charge in [-0.25, -0.2) is 0 Å². The first-order valence-corrected chi connectivity index (χ1v) is 10.9. The molecule has 0 amide bonds. The third-order valence-electron chi connectivity index (χ3n) is 4.75. The standard InChI is InChI=1S/C21H32Si/c1-8-9-10-20-11-13-21(14-12-20)15-16-22(17(2)3,18(4)5)19(6)7/h9-14,17-19H,8H2,1-7H3/b10-9+. The zero-order valence-corrected chi connectivity index (χ0v) is 16.4. The largest absolute Gasteiger partial charge is 0.146 e. The minimum Gasteiger partial charge on any atom is -0.125 e. The Kier molecular flexibility index (Phi) is 7.16. The molecule has 1 heteroatoms. The Balaban J connectivity index is 3.10. The zero-order chi connectivity index (χ0) is 16.8. The average Bonchev–Trinajstić information content (AvgIpc) is 2.45. The fourth-order valence-corrected chi connectivity index (χ4v) is 8.77. The van der Waals surface area contributed by atoms with Gasteiger partial charge in [-0.15, -0.1) is 5.54 Å². The lowest BCUT2D eigenvalue weighted by Crippen LogP contribution is -2.43. The maximum Gasteiger partial charge on any atom is 0.146 e. The summed E-state index contributed by atoms with van der Waals surface area (Å²) in [7, 11) is -1.62. The molecule has 0 radical (unpaired) electrons. The summed E-state index contributed by atoms with van der Waals surface area (Å²) in [5.41, 5.74) is 8.24. The van der Waals surface area contributed by atoms with Crippen LogP contribution in [-0.4, -0.2) is 8.07 Å². The molecule has 0 fully saturated rings. The fraction of sp³-hybridized carbons (Fsp3) is 0.524. The van der Waals surface area contributed by atoms with Gasteiger partial charge >= 0.3 is 0 Å². The van der Waals surface area contributed by atoms with Crippen LogP contribution in [0.15, 0.2) is 30.3 Å². The molecule has 0 aromatic heterocycles. The van der Waals surface area contributed by atoms with E-state index in [0.717, 1.165) is 12.0 Å². The topological polar surface area (TPSA) is 0 Å². The van der Waals surface area contributed by atoms with Crippen molar-refractivity contribution in [2.45, 2.75) is 71.5 Å². The minimum absolute atomic E-state index is 0.687. The van der Waals surface area contributed by atoms with Crippen LogP contribution in [0.2, 0.25) is 16.6 Å². The maximum atomic E-state index is 3.78. The number of hydrogen-bond donors (Lipinski definition) is 0. The van der Waals surface area contributed by atoms with Gasteiger partial charge in [0.25, 0.3) is 0 Å². The Bertz CT molecular complexity index is 514. The van der Waals surface area contributed by atoms with Crippen molar-refractivity contribution in [3.63, 3.8) is 0 Å². The summed E-state index contributed by atoms with van der Waals surface area (Å²) >= 11 is 0. The lowest BCUT2D eigenvalue weighted by atomic mass is 10.1. The second kappa shape index (κ2) is 8.39. The van der Waals surface area contributed by atoms with E-state index in [-0.39, 0.29) is 0 Å². The molecule has 0 heterocycles. The number of allylic oxidation sites excluding steroid dienone is 1. The highest BCUT2D eigenvalue weighted by Gasteiger charge is 2.41. The normalized spacial score (nSPS) is 12.3. The van der Waals surface area contributed by atoms with E-state index in [4.69, 9.17) is 0 Å². The average molecular weight is 313 g/mol. The van der Waals surface area contributed by atoms with Crippen molar-refractivity contribution in [1.29, 1.82) is 0 Å². The van der Waals surface area contributed by atoms with Gasteiger partial charge < -0.3 is 0 Å². The molecular formula is C21H32Si. The highest BCUT2D eigenvalue weighted by Crippen LogP contribution is 2.40. The first-order valence-electron chi connectivity index (χ1n) is 8.64. The molecule has 0 atom stereocenters. The van der Waals surface area contributed by atoms with E-state index in [1.54, 1.807) is 0 Å². The van der Waals surface area contributed by atoms with Gasteiger partial charge in [-0.2, -0.15) is 0 Å². The summed E-state index contributed by atoms with van der Waals surface area (Å²) in [6.45, 7) is 16.3. The predicted octanol–water partition coefficient (Wildman–Crippen LogP) is 6.68. The van der Waals surface area contributed by atoms with Crippen molar-refractivity contribution in [3.8, 4) is 11.5 Å². The molecule has 22 heavy (non-hydrogen) atoms. The quantitative estimate of drug-likeness (QED) is 0.420. The van der Waals surface area contributed by atoms with Crippen molar-refractivity contribution >= 4 is 14.1 Å². The number of hydrogen-bond acceptors (Lipinski definition) is 0. The van der Waals surface area contributed by atoms with Crippen LogP contribution >= 0.6 is 0 Å². The van der Waals surface area contributed by atoms with Crippen molar-refractivity contribution in [2.24, 2.45) is 0 Å². The van der Waals surface area contributed by atoms with E-state index >= 15 is 0 Å². The van der Waals surface area contributed by atoms with Crippen LogP contribution in [0.3, 0.4) is 0 Å². The summed E-state index contributed by atoms with van der Waals surface area (Å²) in [5, 5.41) is 0. The second-order valence-electron chi connectivity index (χ2n) is 7.08. The third-order valence-corrected chi connectivity index (χ3v) is 11.0. The van der Waals surface area contributed by atoms with Crippen molar-refractivity contribution < 1.29 is 0 Å². The molecule has 0 aliphatic rings. The van der Waals surface area contributed by atoms with E-state index < -0.39 is 8.07 Å².